The summed E-state index contributed by atoms with van der Waals surface area (Å²) < 4.78 is 6.22. The van der Waals surface area contributed by atoms with Gasteiger partial charge in [0.15, 0.2) is 5.78 Å². The zero-order valence-electron chi connectivity index (χ0n) is 20.0. The van der Waals surface area contributed by atoms with Crippen molar-refractivity contribution in [2.45, 2.75) is 64.7 Å². The first-order valence-electron chi connectivity index (χ1n) is 11.5. The molecule has 0 amide bonds. The molecule has 0 aromatic carbocycles. The Morgan fingerprint density at radius 3 is 2.59 bits per heavy atom. The molecule has 7 heteroatoms. The Balaban J connectivity index is 1.79. The molecular weight excluding hydrogens is 426 g/mol. The minimum atomic E-state index is -1.53. The summed E-state index contributed by atoms with van der Waals surface area (Å²) in [6.07, 6.45) is 6.73. The van der Waals surface area contributed by atoms with E-state index in [4.69, 9.17) is 10.5 Å². The molecule has 0 unspecified atom stereocenters. The van der Waals surface area contributed by atoms with Gasteiger partial charge in [-0.05, 0) is 48.0 Å². The van der Waals surface area contributed by atoms with Gasteiger partial charge in [0.05, 0.1) is 6.61 Å². The van der Waals surface area contributed by atoms with Crippen LogP contribution in [0.2, 0.25) is 0 Å². The highest BCUT2D eigenvalue weighted by molar-refractivity contribution is 7.98. The number of Topliss-reactive ketones (excluding diaryl/α,β-unsaturated/α-hetero) is 1. The maximum atomic E-state index is 13.1. The minimum Gasteiger partial charge on any atom is -0.457 e. The molecule has 0 heterocycles. The molecule has 4 rings (SSSR count). The molecule has 0 bridgehead atoms. The molecule has 2 saturated carbocycles. The number of allylic oxidation sites excluding steroid dienone is 1. The monoisotopic (exact) mass is 463 g/mol. The highest BCUT2D eigenvalue weighted by Gasteiger charge is 2.82. The van der Waals surface area contributed by atoms with Gasteiger partial charge in [-0.15, -0.1) is 0 Å². The van der Waals surface area contributed by atoms with E-state index in [0.717, 1.165) is 0 Å². The summed E-state index contributed by atoms with van der Waals surface area (Å²) >= 11 is 1.52. The van der Waals surface area contributed by atoms with Gasteiger partial charge < -0.3 is 20.7 Å². The average Bonchev–Trinajstić information content (AvgIpc) is 3.12. The van der Waals surface area contributed by atoms with Crippen LogP contribution in [-0.2, 0) is 14.3 Å². The Kier molecular flexibility index (Phi) is 5.57. The molecule has 178 valence electrons. The van der Waals surface area contributed by atoms with E-state index >= 15 is 0 Å². The van der Waals surface area contributed by atoms with Crippen molar-refractivity contribution in [1.29, 1.82) is 0 Å². The molecule has 32 heavy (non-hydrogen) atoms. The van der Waals surface area contributed by atoms with Crippen molar-refractivity contribution in [3.8, 4) is 0 Å². The number of carbonyl (C=O) groups is 2. The van der Waals surface area contributed by atoms with Crippen LogP contribution in [0.1, 0.15) is 47.5 Å². The topological polar surface area (TPSA) is 110 Å². The quantitative estimate of drug-likeness (QED) is 0.424. The molecule has 2 fully saturated rings. The number of aliphatic hydroxyl groups is 2. The lowest BCUT2D eigenvalue weighted by Crippen LogP contribution is -2.55. The van der Waals surface area contributed by atoms with Gasteiger partial charge in [0, 0.05) is 29.4 Å². The third kappa shape index (κ3) is 2.90. The number of thioether (sulfide) groups is 1. The number of rotatable bonds is 5. The summed E-state index contributed by atoms with van der Waals surface area (Å²) in [5.41, 5.74) is 4.47. The second kappa shape index (κ2) is 7.42. The maximum Gasteiger partial charge on any atom is 0.324 e. The second-order valence-electron chi connectivity index (χ2n) is 11.3. The number of fused-ring (bicyclic) bond motifs is 5. The summed E-state index contributed by atoms with van der Waals surface area (Å²) in [5.74, 6) is -0.419. The normalized spacial score (nSPS) is 45.0. The lowest BCUT2D eigenvalue weighted by atomic mass is 9.53. The van der Waals surface area contributed by atoms with Gasteiger partial charge in [0.2, 0.25) is 0 Å². The first-order valence-corrected chi connectivity index (χ1v) is 12.9. The molecule has 4 aliphatic carbocycles. The molecule has 0 aliphatic heterocycles. The molecule has 0 spiro atoms. The Bertz CT molecular complexity index is 912. The van der Waals surface area contributed by atoms with E-state index in [1.807, 2.05) is 12.3 Å². The summed E-state index contributed by atoms with van der Waals surface area (Å²) in [5, 5.41) is 21.8. The van der Waals surface area contributed by atoms with Crippen molar-refractivity contribution in [3.05, 3.63) is 23.3 Å². The molecule has 8 atom stereocenters. The van der Waals surface area contributed by atoms with Crippen LogP contribution in [-0.4, -0.2) is 57.8 Å². The van der Waals surface area contributed by atoms with E-state index in [1.54, 1.807) is 6.92 Å². The average molecular weight is 464 g/mol. The molecule has 0 saturated heterocycles. The van der Waals surface area contributed by atoms with Gasteiger partial charge in [0.1, 0.15) is 17.2 Å². The number of hydrogen-bond acceptors (Lipinski definition) is 7. The fourth-order valence-corrected chi connectivity index (χ4v) is 7.97. The van der Waals surface area contributed by atoms with Crippen LogP contribution in [0.25, 0.3) is 0 Å². The number of aliphatic hydroxyl groups excluding tert-OH is 1. The lowest BCUT2D eigenvalue weighted by Gasteiger charge is -2.52. The Morgan fingerprint density at radius 2 is 2.00 bits per heavy atom. The summed E-state index contributed by atoms with van der Waals surface area (Å²) in [6, 6.07) is -0.666. The first kappa shape index (κ1) is 24.0. The lowest BCUT2D eigenvalue weighted by molar-refractivity contribution is -0.165. The zero-order chi connectivity index (χ0) is 23.9. The summed E-state index contributed by atoms with van der Waals surface area (Å²) in [4.78, 5) is 25.9. The highest BCUT2D eigenvalue weighted by Crippen LogP contribution is 2.78. The number of ether oxygens (including phenoxy) is 1. The number of esters is 1. The maximum absolute atomic E-state index is 13.1. The van der Waals surface area contributed by atoms with Crippen LogP contribution in [0, 0.1) is 34.5 Å². The Labute approximate surface area is 195 Å². The van der Waals surface area contributed by atoms with Crippen LogP contribution in [0.15, 0.2) is 23.3 Å². The fraction of sp³-hybridized carbons (Fsp3) is 0.760. The van der Waals surface area contributed by atoms with Crippen LogP contribution >= 0.6 is 11.8 Å². The van der Waals surface area contributed by atoms with Crippen molar-refractivity contribution in [2.75, 3.05) is 18.6 Å². The Hall–Kier alpha value is -1.15. The van der Waals surface area contributed by atoms with Crippen LogP contribution in [0.3, 0.4) is 0 Å². The summed E-state index contributed by atoms with van der Waals surface area (Å²) in [6.45, 7) is 10.1. The highest BCUT2D eigenvalue weighted by atomic mass is 32.2. The van der Waals surface area contributed by atoms with Crippen molar-refractivity contribution < 1.29 is 24.5 Å². The number of nitrogens with two attached hydrogens (primary N) is 1. The second-order valence-corrected chi connectivity index (χ2v) is 12.2. The zero-order valence-corrected chi connectivity index (χ0v) is 20.8. The predicted octanol–water partition coefficient (Wildman–Crippen LogP) is 2.48. The summed E-state index contributed by atoms with van der Waals surface area (Å²) in [7, 11) is 0. The number of hydrogen-bond donors (Lipinski definition) is 3. The predicted molar refractivity (Wildman–Crippen MR) is 125 cm³/mol. The van der Waals surface area contributed by atoms with Gasteiger partial charge in [0.25, 0.3) is 0 Å². The molecule has 4 aliphatic rings. The van der Waals surface area contributed by atoms with Crippen LogP contribution in [0.5, 0.6) is 0 Å². The number of ketones is 1. The standard InChI is InChI=1S/C25H37NO5S/c1-13-7-18-23(5)14(2)9-25(31-21(29)17(26)12-32-6)19(22(25,3)4)16(23)8-15(11-27)10-24(18,30)20(13)28/h7-8,14,16-19,27,30H,9-12,26H2,1-6H3/t14-,16+,17+,18+,19+,23+,24-,25+/m1/s1. The third-order valence-corrected chi connectivity index (χ3v) is 10.1. The molecule has 6 nitrogen and oxygen atoms in total. The van der Waals surface area contributed by atoms with E-state index in [-0.39, 0.29) is 53.9 Å². The molecule has 0 aromatic heterocycles. The first-order chi connectivity index (χ1) is 14.8. The van der Waals surface area contributed by atoms with Gasteiger partial charge in [-0.25, -0.2) is 0 Å². The molecule has 0 radical (unpaired) electrons. The van der Waals surface area contributed by atoms with Crippen LogP contribution < -0.4 is 5.73 Å². The van der Waals surface area contributed by atoms with Crippen molar-refractivity contribution in [1.82, 2.24) is 0 Å². The SMILES string of the molecule is CSC[C@H](N)C(=O)O[C@@]12C[C@@H](C)[C@@]3(C)[C@@H](C=C(CO)C[C@]4(O)C(=O)C(C)=C[C@@H]34)[C@H]1C2(C)C. The van der Waals surface area contributed by atoms with Gasteiger partial charge in [-0.1, -0.05) is 39.8 Å². The van der Waals surface area contributed by atoms with Gasteiger partial charge in [-0.2, -0.15) is 11.8 Å². The van der Waals surface area contributed by atoms with E-state index in [1.165, 1.54) is 11.8 Å². The van der Waals surface area contributed by atoms with Gasteiger partial charge in [-0.3, -0.25) is 9.59 Å². The molecular formula is C25H37NO5S. The van der Waals surface area contributed by atoms with E-state index in [0.29, 0.717) is 23.3 Å². The van der Waals surface area contributed by atoms with Gasteiger partial charge >= 0.3 is 5.97 Å². The van der Waals surface area contributed by atoms with Crippen molar-refractivity contribution >= 4 is 23.5 Å². The Morgan fingerprint density at radius 1 is 1.34 bits per heavy atom. The van der Waals surface area contributed by atoms with Crippen molar-refractivity contribution in [3.63, 3.8) is 0 Å². The van der Waals surface area contributed by atoms with E-state index in [2.05, 4.69) is 33.8 Å². The molecule has 4 N–H and O–H groups in total. The van der Waals surface area contributed by atoms with E-state index in [9.17, 15) is 19.8 Å². The number of carbonyl (C=O) groups excluding carboxylic acids is 2. The van der Waals surface area contributed by atoms with Crippen LogP contribution in [0.4, 0.5) is 0 Å². The molecule has 0 aromatic rings. The minimum absolute atomic E-state index is 0.0231. The fourth-order valence-electron chi connectivity index (χ4n) is 7.47. The van der Waals surface area contributed by atoms with Crippen molar-refractivity contribution in [2.24, 2.45) is 40.2 Å². The largest absolute Gasteiger partial charge is 0.457 e. The third-order valence-electron chi connectivity index (χ3n) is 9.44. The van der Waals surface area contributed by atoms with E-state index < -0.39 is 22.7 Å². The smallest absolute Gasteiger partial charge is 0.324 e.